The molecule has 0 aromatic carbocycles. The minimum atomic E-state index is -0.993. The van der Waals surface area contributed by atoms with E-state index in [1.807, 2.05) is 13.0 Å². The third kappa shape index (κ3) is 7.93. The summed E-state index contributed by atoms with van der Waals surface area (Å²) >= 11 is 0. The van der Waals surface area contributed by atoms with Gasteiger partial charge in [-0.25, -0.2) is 0 Å². The lowest BCUT2D eigenvalue weighted by molar-refractivity contribution is -0.0985. The van der Waals surface area contributed by atoms with E-state index >= 15 is 0 Å². The van der Waals surface area contributed by atoms with Crippen molar-refractivity contribution in [1.29, 1.82) is 0 Å². The first-order valence-electron chi connectivity index (χ1n) is 4.46. The van der Waals surface area contributed by atoms with Crippen LogP contribution >= 0.6 is 0 Å². The number of aliphatic hydroxyl groups excluding tert-OH is 3. The predicted molar refractivity (Wildman–Crippen MR) is 49.1 cm³/mol. The number of rotatable bonds is 7. The number of allylic oxidation sites excluding steroid dienone is 1. The monoisotopic (exact) mass is 190 g/mol. The third-order valence-electron chi connectivity index (χ3n) is 1.43. The van der Waals surface area contributed by atoms with E-state index in [1.165, 1.54) is 6.08 Å². The largest absolute Gasteiger partial charge is 0.394 e. The third-order valence-corrected chi connectivity index (χ3v) is 1.43. The Hall–Kier alpha value is -0.420. The lowest BCUT2D eigenvalue weighted by Gasteiger charge is -2.10. The van der Waals surface area contributed by atoms with E-state index in [4.69, 9.17) is 20.1 Å². The van der Waals surface area contributed by atoms with Crippen molar-refractivity contribution in [2.24, 2.45) is 0 Å². The van der Waals surface area contributed by atoms with Gasteiger partial charge in [-0.05, 0) is 12.5 Å². The highest BCUT2D eigenvalue weighted by Gasteiger charge is 2.04. The molecule has 0 aliphatic heterocycles. The molecule has 3 N–H and O–H groups in total. The van der Waals surface area contributed by atoms with Gasteiger partial charge in [0.25, 0.3) is 0 Å². The van der Waals surface area contributed by atoms with Crippen molar-refractivity contribution in [3.63, 3.8) is 0 Å². The average Bonchev–Trinajstić information content (AvgIpc) is 2.14. The second-order valence-electron chi connectivity index (χ2n) is 2.78. The van der Waals surface area contributed by atoms with Crippen LogP contribution in [-0.4, -0.2) is 40.9 Å². The van der Waals surface area contributed by atoms with Crippen molar-refractivity contribution < 1.29 is 20.1 Å². The Labute approximate surface area is 78.5 Å². The first-order chi connectivity index (χ1) is 6.20. The molecule has 4 nitrogen and oxygen atoms in total. The molecular weight excluding hydrogens is 172 g/mol. The van der Waals surface area contributed by atoms with E-state index in [1.54, 1.807) is 0 Å². The molecule has 0 rings (SSSR count). The fraction of sp³-hybridized carbons (Fsp3) is 0.778. The molecule has 0 saturated heterocycles. The molecule has 0 aliphatic rings. The molecule has 2 unspecified atom stereocenters. The van der Waals surface area contributed by atoms with Crippen molar-refractivity contribution in [2.75, 3.05) is 13.2 Å². The van der Waals surface area contributed by atoms with Gasteiger partial charge in [-0.15, -0.1) is 0 Å². The van der Waals surface area contributed by atoms with Crippen LogP contribution < -0.4 is 0 Å². The lowest BCUT2D eigenvalue weighted by Crippen LogP contribution is -2.23. The summed E-state index contributed by atoms with van der Waals surface area (Å²) in [4.78, 5) is 0. The summed E-state index contributed by atoms with van der Waals surface area (Å²) in [5.41, 5.74) is 0. The molecule has 0 aromatic rings. The molecule has 4 heteroatoms. The molecule has 0 aliphatic carbocycles. The minimum absolute atomic E-state index is 0.0614. The van der Waals surface area contributed by atoms with Crippen LogP contribution in [0.5, 0.6) is 0 Å². The Bertz CT molecular complexity index is 136. The fourth-order valence-electron chi connectivity index (χ4n) is 0.697. The first-order valence-corrected chi connectivity index (χ1v) is 4.46. The number of unbranched alkanes of at least 4 members (excludes halogenated alkanes) is 1. The second kappa shape index (κ2) is 8.19. The maximum atomic E-state index is 9.12. The Morgan fingerprint density at radius 3 is 2.62 bits per heavy atom. The minimum Gasteiger partial charge on any atom is -0.394 e. The standard InChI is InChI=1S/C9H18O4/c1-2-3-4-5-9(12)13-7-8(11)6-10/h4-5,8-12H,2-3,6-7H2,1H3/b5-4+. The molecule has 0 heterocycles. The summed E-state index contributed by atoms with van der Waals surface area (Å²) in [5, 5.41) is 26.4. The van der Waals surface area contributed by atoms with Crippen LogP contribution in [0.15, 0.2) is 12.2 Å². The fourth-order valence-corrected chi connectivity index (χ4v) is 0.697. The van der Waals surface area contributed by atoms with Gasteiger partial charge in [0.1, 0.15) is 6.10 Å². The smallest absolute Gasteiger partial charge is 0.174 e. The lowest BCUT2D eigenvalue weighted by atomic mass is 10.3. The zero-order valence-corrected chi connectivity index (χ0v) is 7.89. The van der Waals surface area contributed by atoms with Gasteiger partial charge in [0.05, 0.1) is 13.2 Å². The molecule has 0 radical (unpaired) electrons. The number of hydrogen-bond donors (Lipinski definition) is 3. The van der Waals surface area contributed by atoms with Crippen LogP contribution in [-0.2, 0) is 4.74 Å². The average molecular weight is 190 g/mol. The van der Waals surface area contributed by atoms with Crippen LogP contribution in [0.1, 0.15) is 19.8 Å². The molecule has 0 bridgehead atoms. The molecule has 0 fully saturated rings. The van der Waals surface area contributed by atoms with E-state index in [2.05, 4.69) is 0 Å². The number of hydrogen-bond acceptors (Lipinski definition) is 4. The molecule has 0 amide bonds. The number of ether oxygens (including phenoxy) is 1. The molecule has 2 atom stereocenters. The summed E-state index contributed by atoms with van der Waals surface area (Å²) in [6, 6.07) is 0. The van der Waals surface area contributed by atoms with E-state index in [-0.39, 0.29) is 13.2 Å². The van der Waals surface area contributed by atoms with Crippen molar-refractivity contribution in [3.05, 3.63) is 12.2 Å². The summed E-state index contributed by atoms with van der Waals surface area (Å²) in [7, 11) is 0. The van der Waals surface area contributed by atoms with Crippen LogP contribution in [0, 0.1) is 0 Å². The Morgan fingerprint density at radius 1 is 1.38 bits per heavy atom. The highest BCUT2D eigenvalue weighted by Crippen LogP contribution is 1.95. The van der Waals surface area contributed by atoms with E-state index in [0.717, 1.165) is 12.8 Å². The highest BCUT2D eigenvalue weighted by molar-refractivity contribution is 4.83. The summed E-state index contributed by atoms with van der Waals surface area (Å²) in [6.07, 6.45) is 3.33. The first kappa shape index (κ1) is 12.6. The topological polar surface area (TPSA) is 69.9 Å². The second-order valence-corrected chi connectivity index (χ2v) is 2.78. The van der Waals surface area contributed by atoms with Gasteiger partial charge < -0.3 is 20.1 Å². The van der Waals surface area contributed by atoms with Gasteiger partial charge in [-0.2, -0.15) is 0 Å². The maximum Gasteiger partial charge on any atom is 0.174 e. The maximum absolute atomic E-state index is 9.12. The quantitative estimate of drug-likeness (QED) is 0.391. The SMILES string of the molecule is CCC/C=C/C(O)OCC(O)CO. The van der Waals surface area contributed by atoms with Crippen molar-refractivity contribution in [2.45, 2.75) is 32.2 Å². The van der Waals surface area contributed by atoms with Gasteiger partial charge in [-0.1, -0.05) is 19.4 Å². The molecule has 0 saturated carbocycles. The Balaban J connectivity index is 3.44. The van der Waals surface area contributed by atoms with Crippen LogP contribution in [0.2, 0.25) is 0 Å². The zero-order valence-electron chi connectivity index (χ0n) is 7.89. The van der Waals surface area contributed by atoms with Crippen LogP contribution in [0.25, 0.3) is 0 Å². The van der Waals surface area contributed by atoms with Gasteiger partial charge in [0.15, 0.2) is 6.29 Å². The predicted octanol–water partition coefficient (Wildman–Crippen LogP) is 0.0309. The van der Waals surface area contributed by atoms with E-state index < -0.39 is 12.4 Å². The van der Waals surface area contributed by atoms with Crippen molar-refractivity contribution in [1.82, 2.24) is 0 Å². The normalized spacial score (nSPS) is 16.3. The van der Waals surface area contributed by atoms with Crippen molar-refractivity contribution in [3.8, 4) is 0 Å². The summed E-state index contributed by atoms with van der Waals surface area (Å²) < 4.78 is 4.80. The molecule has 78 valence electrons. The number of aliphatic hydroxyl groups is 3. The Morgan fingerprint density at radius 2 is 2.08 bits per heavy atom. The summed E-state index contributed by atoms with van der Waals surface area (Å²) in [5.74, 6) is 0. The molecule has 13 heavy (non-hydrogen) atoms. The van der Waals surface area contributed by atoms with Gasteiger partial charge in [0.2, 0.25) is 0 Å². The molecule has 0 spiro atoms. The Kier molecular flexibility index (Phi) is 7.93. The highest BCUT2D eigenvalue weighted by atomic mass is 16.6. The van der Waals surface area contributed by atoms with E-state index in [0.29, 0.717) is 0 Å². The van der Waals surface area contributed by atoms with Gasteiger partial charge in [-0.3, -0.25) is 0 Å². The molecule has 0 aromatic heterocycles. The molecular formula is C9H18O4. The van der Waals surface area contributed by atoms with Crippen LogP contribution in [0.3, 0.4) is 0 Å². The van der Waals surface area contributed by atoms with Crippen molar-refractivity contribution >= 4 is 0 Å². The van der Waals surface area contributed by atoms with Crippen LogP contribution in [0.4, 0.5) is 0 Å². The zero-order chi connectivity index (χ0) is 10.1. The summed E-state index contributed by atoms with van der Waals surface area (Å²) in [6.45, 7) is 1.62. The van der Waals surface area contributed by atoms with Gasteiger partial charge in [0, 0.05) is 0 Å². The van der Waals surface area contributed by atoms with Gasteiger partial charge >= 0.3 is 0 Å². The van der Waals surface area contributed by atoms with E-state index in [9.17, 15) is 0 Å².